The number of halogens is 1. The maximum Gasteiger partial charge on any atom is 0.170 e. The molecular formula is C23H25BrN4OS. The van der Waals surface area contributed by atoms with Crippen LogP contribution in [0.1, 0.15) is 41.1 Å². The van der Waals surface area contributed by atoms with Gasteiger partial charge in [0.1, 0.15) is 0 Å². The third-order valence-electron chi connectivity index (χ3n) is 5.64. The summed E-state index contributed by atoms with van der Waals surface area (Å²) in [7, 11) is 0. The van der Waals surface area contributed by atoms with Crippen LogP contribution in [-0.2, 0) is 0 Å². The van der Waals surface area contributed by atoms with E-state index in [1.54, 1.807) is 0 Å². The molecule has 5 nitrogen and oxygen atoms in total. The van der Waals surface area contributed by atoms with Crippen molar-refractivity contribution in [3.8, 4) is 5.69 Å². The number of nitrogens with one attached hydrogen (secondary N) is 1. The van der Waals surface area contributed by atoms with Gasteiger partial charge in [-0.2, -0.15) is 0 Å². The van der Waals surface area contributed by atoms with E-state index in [0.29, 0.717) is 18.1 Å². The number of rotatable bonds is 6. The maximum absolute atomic E-state index is 9.42. The first-order chi connectivity index (χ1) is 14.5. The number of pyridine rings is 1. The van der Waals surface area contributed by atoms with Gasteiger partial charge in [-0.3, -0.25) is 4.98 Å². The summed E-state index contributed by atoms with van der Waals surface area (Å²) in [5, 5.41) is 13.6. The molecule has 3 heterocycles. The summed E-state index contributed by atoms with van der Waals surface area (Å²) in [6.07, 6.45) is 2.48. The number of hydrogen-bond donors (Lipinski definition) is 2. The van der Waals surface area contributed by atoms with E-state index in [4.69, 9.17) is 12.2 Å². The molecule has 0 aliphatic carbocycles. The van der Waals surface area contributed by atoms with E-state index in [2.05, 4.69) is 73.8 Å². The molecule has 3 aromatic rings. The number of thiocarbonyl (C=S) groups is 1. The number of benzene rings is 1. The van der Waals surface area contributed by atoms with Crippen LogP contribution in [0.25, 0.3) is 5.69 Å². The van der Waals surface area contributed by atoms with Crippen LogP contribution in [0.4, 0.5) is 0 Å². The molecule has 2 aromatic heterocycles. The van der Waals surface area contributed by atoms with E-state index >= 15 is 0 Å². The van der Waals surface area contributed by atoms with E-state index in [1.165, 1.54) is 11.3 Å². The van der Waals surface area contributed by atoms with Crippen LogP contribution >= 0.6 is 28.1 Å². The van der Waals surface area contributed by atoms with Crippen molar-refractivity contribution in [3.05, 3.63) is 81.8 Å². The largest absolute Gasteiger partial charge is 0.396 e. The van der Waals surface area contributed by atoms with Crippen LogP contribution in [0.2, 0.25) is 0 Å². The Balaban J connectivity index is 1.83. The Morgan fingerprint density at radius 3 is 2.63 bits per heavy atom. The molecule has 7 heteroatoms. The van der Waals surface area contributed by atoms with Crippen LogP contribution in [-0.4, -0.2) is 37.8 Å². The average molecular weight is 485 g/mol. The minimum atomic E-state index is -0.0504. The molecule has 1 aliphatic rings. The fraction of sp³-hybridized carbons (Fsp3) is 0.304. The summed E-state index contributed by atoms with van der Waals surface area (Å²) < 4.78 is 3.33. The highest BCUT2D eigenvalue weighted by Gasteiger charge is 2.41. The van der Waals surface area contributed by atoms with Gasteiger partial charge in [0.2, 0.25) is 0 Å². The van der Waals surface area contributed by atoms with Gasteiger partial charge in [0.15, 0.2) is 5.11 Å². The molecular weight excluding hydrogens is 460 g/mol. The van der Waals surface area contributed by atoms with Crippen LogP contribution in [0, 0.1) is 13.8 Å². The van der Waals surface area contributed by atoms with E-state index in [1.807, 2.05) is 30.5 Å². The number of aromatic nitrogens is 2. The molecule has 2 N–H and O–H groups in total. The van der Waals surface area contributed by atoms with Gasteiger partial charge in [0, 0.05) is 35.2 Å². The molecule has 0 unspecified atom stereocenters. The lowest BCUT2D eigenvalue weighted by molar-refractivity contribution is 0.247. The van der Waals surface area contributed by atoms with Crippen molar-refractivity contribution < 1.29 is 5.11 Å². The van der Waals surface area contributed by atoms with Gasteiger partial charge in [0.25, 0.3) is 0 Å². The normalized spacial score (nSPS) is 18.7. The van der Waals surface area contributed by atoms with Gasteiger partial charge in [-0.1, -0.05) is 18.2 Å². The first kappa shape index (κ1) is 21.0. The first-order valence-electron chi connectivity index (χ1n) is 10.1. The molecule has 1 fully saturated rings. The van der Waals surface area contributed by atoms with Crippen molar-refractivity contribution in [2.24, 2.45) is 0 Å². The summed E-state index contributed by atoms with van der Waals surface area (Å²) >= 11 is 9.39. The molecule has 156 valence electrons. The highest BCUT2D eigenvalue weighted by molar-refractivity contribution is 9.10. The third-order valence-corrected chi connectivity index (χ3v) is 6.66. The summed E-state index contributed by atoms with van der Waals surface area (Å²) in [5.41, 5.74) is 5.62. The molecule has 0 amide bonds. The van der Waals surface area contributed by atoms with Crippen molar-refractivity contribution in [3.63, 3.8) is 0 Å². The SMILES string of the molecule is Cc1cc([C@@H]2[C@@H](c3ccccn3)NC(=S)N2CCCO)c(C)n1-c1ccccc1Br. The lowest BCUT2D eigenvalue weighted by atomic mass is 9.96. The standard InChI is InChI=1S/C23H25BrN4OS/c1-15-14-17(16(2)28(15)20-10-4-3-8-18(20)24)22-21(19-9-5-6-11-25-19)26-23(30)27(22)12-7-13-29/h3-6,8-11,14,21-22,29H,7,12-13H2,1-2H3,(H,26,30)/t21-,22-/m1/s1. The summed E-state index contributed by atoms with van der Waals surface area (Å²) in [5.74, 6) is 0. The highest BCUT2D eigenvalue weighted by Crippen LogP contribution is 2.41. The fourth-order valence-electron chi connectivity index (χ4n) is 4.32. The number of aryl methyl sites for hydroxylation is 1. The molecule has 0 radical (unpaired) electrons. The monoisotopic (exact) mass is 484 g/mol. The topological polar surface area (TPSA) is 53.3 Å². The van der Waals surface area contributed by atoms with Gasteiger partial charge in [0.05, 0.1) is 23.5 Å². The van der Waals surface area contributed by atoms with Crippen LogP contribution in [0.5, 0.6) is 0 Å². The Morgan fingerprint density at radius 2 is 1.93 bits per heavy atom. The summed E-state index contributed by atoms with van der Waals surface area (Å²) in [4.78, 5) is 6.80. The van der Waals surface area contributed by atoms with Gasteiger partial charge >= 0.3 is 0 Å². The van der Waals surface area contributed by atoms with Crippen LogP contribution < -0.4 is 5.32 Å². The predicted octanol–water partition coefficient (Wildman–Crippen LogP) is 4.61. The second-order valence-corrected chi connectivity index (χ2v) is 8.75. The summed E-state index contributed by atoms with van der Waals surface area (Å²) in [6.45, 7) is 5.11. The second kappa shape index (κ2) is 8.88. The van der Waals surface area contributed by atoms with Crippen molar-refractivity contribution in [1.82, 2.24) is 19.8 Å². The number of aliphatic hydroxyl groups is 1. The van der Waals surface area contributed by atoms with Crippen LogP contribution in [0.15, 0.2) is 59.2 Å². The molecule has 1 saturated heterocycles. The number of nitrogens with zero attached hydrogens (tertiary/aromatic N) is 3. The average Bonchev–Trinajstić information content (AvgIpc) is 3.23. The molecule has 1 aromatic carbocycles. The Morgan fingerprint density at radius 1 is 1.17 bits per heavy atom. The van der Waals surface area contributed by atoms with Gasteiger partial charge in [-0.25, -0.2) is 0 Å². The van der Waals surface area contributed by atoms with Gasteiger partial charge < -0.3 is 19.9 Å². The maximum atomic E-state index is 9.42. The molecule has 4 rings (SSSR count). The molecule has 0 spiro atoms. The predicted molar refractivity (Wildman–Crippen MR) is 127 cm³/mol. The molecule has 1 aliphatic heterocycles. The second-order valence-electron chi connectivity index (χ2n) is 7.51. The summed E-state index contributed by atoms with van der Waals surface area (Å²) in [6, 6.07) is 16.4. The number of para-hydroxylation sites is 1. The smallest absolute Gasteiger partial charge is 0.170 e. The van der Waals surface area contributed by atoms with E-state index in [9.17, 15) is 5.11 Å². The van der Waals surface area contributed by atoms with E-state index in [0.717, 1.165) is 21.5 Å². The molecule has 0 bridgehead atoms. The Bertz CT molecular complexity index is 1050. The Labute approximate surface area is 190 Å². The highest BCUT2D eigenvalue weighted by atomic mass is 79.9. The lowest BCUT2D eigenvalue weighted by Gasteiger charge is -2.28. The number of hydrogen-bond acceptors (Lipinski definition) is 3. The van der Waals surface area contributed by atoms with E-state index < -0.39 is 0 Å². The quantitative estimate of drug-likeness (QED) is 0.500. The molecule has 2 atom stereocenters. The zero-order chi connectivity index (χ0) is 21.3. The molecule has 30 heavy (non-hydrogen) atoms. The Hall–Kier alpha value is -2.22. The van der Waals surface area contributed by atoms with Gasteiger partial charge in [-0.05, 0) is 84.3 Å². The lowest BCUT2D eigenvalue weighted by Crippen LogP contribution is -2.31. The van der Waals surface area contributed by atoms with Crippen LogP contribution in [0.3, 0.4) is 0 Å². The van der Waals surface area contributed by atoms with Crippen molar-refractivity contribution in [2.45, 2.75) is 32.4 Å². The fourth-order valence-corrected chi connectivity index (χ4v) is 5.11. The van der Waals surface area contributed by atoms with Crippen molar-refractivity contribution in [2.75, 3.05) is 13.2 Å². The first-order valence-corrected chi connectivity index (χ1v) is 11.3. The minimum Gasteiger partial charge on any atom is -0.396 e. The Kier molecular flexibility index (Phi) is 6.22. The minimum absolute atomic E-state index is 0.00128. The zero-order valence-electron chi connectivity index (χ0n) is 17.0. The third kappa shape index (κ3) is 3.77. The van der Waals surface area contributed by atoms with E-state index in [-0.39, 0.29) is 18.7 Å². The van der Waals surface area contributed by atoms with Gasteiger partial charge in [-0.15, -0.1) is 0 Å². The van der Waals surface area contributed by atoms with Crippen molar-refractivity contribution >= 4 is 33.3 Å². The zero-order valence-corrected chi connectivity index (χ0v) is 19.4. The van der Waals surface area contributed by atoms with Crippen molar-refractivity contribution in [1.29, 1.82) is 0 Å². The molecule has 0 saturated carbocycles. The number of aliphatic hydroxyl groups excluding tert-OH is 1.